The summed E-state index contributed by atoms with van der Waals surface area (Å²) >= 11 is 0. The van der Waals surface area contributed by atoms with E-state index in [4.69, 9.17) is 4.52 Å². The lowest BCUT2D eigenvalue weighted by molar-refractivity contribution is -0.117. The van der Waals surface area contributed by atoms with Crippen LogP contribution in [0.1, 0.15) is 37.9 Å². The number of rotatable bonds is 5. The zero-order chi connectivity index (χ0) is 16.4. The van der Waals surface area contributed by atoms with Crippen LogP contribution < -0.4 is 4.90 Å². The van der Waals surface area contributed by atoms with Gasteiger partial charge in [-0.1, -0.05) is 23.4 Å². The molecule has 0 saturated carbocycles. The van der Waals surface area contributed by atoms with Gasteiger partial charge in [-0.3, -0.25) is 9.69 Å². The molecule has 0 N–H and O–H groups in total. The van der Waals surface area contributed by atoms with Crippen molar-refractivity contribution >= 4 is 11.6 Å². The Kier molecular flexibility index (Phi) is 4.43. The third-order valence-corrected chi connectivity index (χ3v) is 4.31. The Hall–Kier alpha value is -2.21. The van der Waals surface area contributed by atoms with E-state index in [-0.39, 0.29) is 11.8 Å². The van der Waals surface area contributed by atoms with Gasteiger partial charge in [0.15, 0.2) is 5.82 Å². The zero-order valence-corrected chi connectivity index (χ0v) is 13.8. The third kappa shape index (κ3) is 3.42. The number of carbonyl (C=O) groups is 1. The first-order chi connectivity index (χ1) is 11.0. The molecule has 2 aromatic rings. The topological polar surface area (TPSA) is 62.5 Å². The van der Waals surface area contributed by atoms with E-state index >= 15 is 0 Å². The molecule has 1 aliphatic rings. The van der Waals surface area contributed by atoms with E-state index in [9.17, 15) is 4.79 Å². The van der Waals surface area contributed by atoms with E-state index in [1.807, 2.05) is 37.4 Å². The maximum atomic E-state index is 12.3. The molecule has 0 aliphatic carbocycles. The second-order valence-corrected chi connectivity index (χ2v) is 6.30. The van der Waals surface area contributed by atoms with Gasteiger partial charge >= 0.3 is 0 Å². The number of amides is 1. The molecule has 3 rings (SSSR count). The Bertz CT molecular complexity index is 668. The highest BCUT2D eigenvalue weighted by molar-refractivity contribution is 5.96. The van der Waals surface area contributed by atoms with E-state index < -0.39 is 0 Å². The van der Waals surface area contributed by atoms with Crippen molar-refractivity contribution in [2.75, 3.05) is 18.5 Å². The van der Waals surface area contributed by atoms with Gasteiger partial charge in [-0.2, -0.15) is 4.98 Å². The van der Waals surface area contributed by atoms with Crippen LogP contribution >= 0.6 is 0 Å². The molecule has 0 bridgehead atoms. The lowest BCUT2D eigenvalue weighted by Gasteiger charge is -2.18. The summed E-state index contributed by atoms with van der Waals surface area (Å²) in [5.74, 6) is 1.32. The maximum Gasteiger partial charge on any atom is 0.240 e. The summed E-state index contributed by atoms with van der Waals surface area (Å²) in [4.78, 5) is 20.7. The van der Waals surface area contributed by atoms with Crippen molar-refractivity contribution in [3.8, 4) is 0 Å². The quantitative estimate of drug-likeness (QED) is 0.848. The van der Waals surface area contributed by atoms with Crippen LogP contribution in [0.25, 0.3) is 0 Å². The Balaban J connectivity index is 1.69. The van der Waals surface area contributed by atoms with Crippen LogP contribution in [0.3, 0.4) is 0 Å². The van der Waals surface area contributed by atoms with E-state index in [0.717, 1.165) is 5.69 Å². The molecule has 1 fully saturated rings. The fourth-order valence-electron chi connectivity index (χ4n) is 2.63. The Morgan fingerprint density at radius 3 is 2.78 bits per heavy atom. The molecule has 6 heteroatoms. The second-order valence-electron chi connectivity index (χ2n) is 6.30. The van der Waals surface area contributed by atoms with Crippen LogP contribution in [0, 0.1) is 0 Å². The van der Waals surface area contributed by atoms with E-state index in [0.29, 0.717) is 37.3 Å². The lowest BCUT2D eigenvalue weighted by Crippen LogP contribution is -2.25. The summed E-state index contributed by atoms with van der Waals surface area (Å²) in [5.41, 5.74) is 0.920. The third-order valence-electron chi connectivity index (χ3n) is 4.31. The summed E-state index contributed by atoms with van der Waals surface area (Å²) in [6.07, 6.45) is 0.424. The summed E-state index contributed by atoms with van der Waals surface area (Å²) < 4.78 is 5.34. The van der Waals surface area contributed by atoms with Crippen LogP contribution in [0.15, 0.2) is 34.9 Å². The van der Waals surface area contributed by atoms with Gasteiger partial charge in [0.1, 0.15) is 0 Å². The Morgan fingerprint density at radius 1 is 1.35 bits per heavy atom. The normalized spacial score (nSPS) is 18.4. The summed E-state index contributed by atoms with van der Waals surface area (Å²) in [6.45, 7) is 5.45. The van der Waals surface area contributed by atoms with Crippen LogP contribution in [-0.2, 0) is 11.3 Å². The first-order valence-corrected chi connectivity index (χ1v) is 7.92. The van der Waals surface area contributed by atoms with Crippen molar-refractivity contribution in [2.24, 2.45) is 0 Å². The SMILES string of the molecule is CC(C)N(C)Cc1nc([C@@H]2CC(=O)N(c3ccccc3)C2)no1. The van der Waals surface area contributed by atoms with Crippen molar-refractivity contribution in [1.29, 1.82) is 0 Å². The van der Waals surface area contributed by atoms with E-state index in [2.05, 4.69) is 28.9 Å². The number of hydrogen-bond donors (Lipinski definition) is 0. The fourth-order valence-corrected chi connectivity index (χ4v) is 2.63. The van der Waals surface area contributed by atoms with E-state index in [1.165, 1.54) is 0 Å². The number of anilines is 1. The van der Waals surface area contributed by atoms with Gasteiger partial charge in [0.05, 0.1) is 6.54 Å². The molecular formula is C17H22N4O2. The van der Waals surface area contributed by atoms with E-state index in [1.54, 1.807) is 4.90 Å². The fraction of sp³-hybridized carbons (Fsp3) is 0.471. The number of nitrogens with zero attached hydrogens (tertiary/aromatic N) is 4. The van der Waals surface area contributed by atoms with Crippen molar-refractivity contribution in [2.45, 2.75) is 38.8 Å². The molecule has 1 amide bonds. The van der Waals surface area contributed by atoms with Crippen LogP contribution in [0.5, 0.6) is 0 Å². The molecule has 23 heavy (non-hydrogen) atoms. The summed E-state index contributed by atoms with van der Waals surface area (Å²) in [5, 5.41) is 4.08. The molecular weight excluding hydrogens is 292 g/mol. The molecule has 0 unspecified atom stereocenters. The van der Waals surface area contributed by atoms with Crippen molar-refractivity contribution in [1.82, 2.24) is 15.0 Å². The zero-order valence-electron chi connectivity index (χ0n) is 13.8. The predicted octanol–water partition coefficient (Wildman–Crippen LogP) is 2.43. The number of para-hydroxylation sites is 1. The second kappa shape index (κ2) is 6.50. The van der Waals surface area contributed by atoms with Gasteiger partial charge in [0, 0.05) is 30.6 Å². The molecule has 6 nitrogen and oxygen atoms in total. The average Bonchev–Trinajstić information content (AvgIpc) is 3.14. The molecule has 122 valence electrons. The van der Waals surface area contributed by atoms with Gasteiger partial charge in [-0.15, -0.1) is 0 Å². The molecule has 2 heterocycles. The highest BCUT2D eigenvalue weighted by Crippen LogP contribution is 2.30. The number of aromatic nitrogens is 2. The summed E-state index contributed by atoms with van der Waals surface area (Å²) in [6, 6.07) is 10.1. The molecule has 1 aromatic carbocycles. The first kappa shape index (κ1) is 15.7. The highest BCUT2D eigenvalue weighted by Gasteiger charge is 2.34. The minimum absolute atomic E-state index is 0.00966. The van der Waals surface area contributed by atoms with Crippen molar-refractivity contribution in [3.05, 3.63) is 42.0 Å². The smallest absolute Gasteiger partial charge is 0.240 e. The van der Waals surface area contributed by atoms with Crippen LogP contribution in [0.2, 0.25) is 0 Å². The highest BCUT2D eigenvalue weighted by atomic mass is 16.5. The van der Waals surface area contributed by atoms with Crippen LogP contribution in [0.4, 0.5) is 5.69 Å². The molecule has 1 aromatic heterocycles. The summed E-state index contributed by atoms with van der Waals surface area (Å²) in [7, 11) is 2.02. The average molecular weight is 314 g/mol. The minimum atomic E-state index is -0.00966. The van der Waals surface area contributed by atoms with Crippen LogP contribution in [-0.4, -0.2) is 40.6 Å². The van der Waals surface area contributed by atoms with Gasteiger partial charge in [0.2, 0.25) is 11.8 Å². The minimum Gasteiger partial charge on any atom is -0.338 e. The lowest BCUT2D eigenvalue weighted by atomic mass is 10.1. The van der Waals surface area contributed by atoms with Gasteiger partial charge in [-0.05, 0) is 33.0 Å². The molecule has 0 radical (unpaired) electrons. The predicted molar refractivity (Wildman–Crippen MR) is 87.1 cm³/mol. The van der Waals surface area contributed by atoms with Gasteiger partial charge in [-0.25, -0.2) is 0 Å². The van der Waals surface area contributed by atoms with Gasteiger partial charge < -0.3 is 9.42 Å². The molecule has 1 atom stereocenters. The molecule has 0 spiro atoms. The van der Waals surface area contributed by atoms with Gasteiger partial charge in [0.25, 0.3) is 0 Å². The standard InChI is InChI=1S/C17H22N4O2/c1-12(2)20(3)11-15-18-17(19-23-15)13-9-16(22)21(10-13)14-7-5-4-6-8-14/h4-8,12-13H,9-11H2,1-3H3/t13-/m1/s1. The molecule has 1 aliphatic heterocycles. The molecule has 1 saturated heterocycles. The van der Waals surface area contributed by atoms with Crippen molar-refractivity contribution in [3.63, 3.8) is 0 Å². The number of hydrogen-bond acceptors (Lipinski definition) is 5. The monoisotopic (exact) mass is 314 g/mol. The van der Waals surface area contributed by atoms with Crippen molar-refractivity contribution < 1.29 is 9.32 Å². The Morgan fingerprint density at radius 2 is 2.09 bits per heavy atom. The first-order valence-electron chi connectivity index (χ1n) is 7.92. The largest absolute Gasteiger partial charge is 0.338 e. The maximum absolute atomic E-state index is 12.3. The Labute approximate surface area is 136 Å². The number of benzene rings is 1. The number of carbonyl (C=O) groups excluding carboxylic acids is 1.